The topological polar surface area (TPSA) is 60.7 Å². The van der Waals surface area contributed by atoms with Crippen molar-refractivity contribution in [2.45, 2.75) is 125 Å². The minimum Gasteiger partial charge on any atom is -0.395 e. The number of hydrogen-bond donors (Lipinski definition) is 3. The van der Waals surface area contributed by atoms with Crippen LogP contribution in [0.5, 0.6) is 0 Å². The molecule has 0 bridgehead atoms. The summed E-state index contributed by atoms with van der Waals surface area (Å²) >= 11 is 0. The first-order valence-electron chi connectivity index (χ1n) is 13.9. The summed E-state index contributed by atoms with van der Waals surface area (Å²) in [5.74, 6) is 1.18. The molecule has 0 aromatic heterocycles. The average molecular weight is 459 g/mol. The minimum absolute atomic E-state index is 0.00899. The summed E-state index contributed by atoms with van der Waals surface area (Å²) in [6.45, 7) is 17.0. The Kier molecular flexibility index (Phi) is 5.23. The van der Waals surface area contributed by atoms with Gasteiger partial charge in [0, 0.05) is 5.41 Å². The van der Waals surface area contributed by atoms with E-state index in [1.54, 1.807) is 5.57 Å². The van der Waals surface area contributed by atoms with Crippen LogP contribution in [-0.2, 0) is 0 Å². The second kappa shape index (κ2) is 7.10. The van der Waals surface area contributed by atoms with E-state index < -0.39 is 11.5 Å². The van der Waals surface area contributed by atoms with Crippen molar-refractivity contribution < 1.29 is 15.3 Å². The summed E-state index contributed by atoms with van der Waals surface area (Å²) in [6.07, 6.45) is 9.93. The molecule has 33 heavy (non-hydrogen) atoms. The molecular formula is C30H50O3. The summed E-state index contributed by atoms with van der Waals surface area (Å²) in [4.78, 5) is 0. The van der Waals surface area contributed by atoms with Crippen molar-refractivity contribution in [3.8, 4) is 0 Å². The SMILES string of the molecule is CC1(C)CC[C@@]2(CO)C(=C3CC[C@@H]4[C@@]5(C)CC[C@H](O)C(C)(C)[C@H]5CC[C@@]4(C)[C@]3(C)C[C@@H]2O)C1. The van der Waals surface area contributed by atoms with Crippen LogP contribution < -0.4 is 0 Å². The molecule has 0 aromatic carbocycles. The second-order valence-corrected chi connectivity index (χ2v) is 15.1. The third-order valence-electron chi connectivity index (χ3n) is 13.0. The van der Waals surface area contributed by atoms with Crippen LogP contribution >= 0.6 is 0 Å². The fourth-order valence-corrected chi connectivity index (χ4v) is 10.7. The molecule has 0 heterocycles. The van der Waals surface area contributed by atoms with E-state index in [1.165, 1.54) is 24.8 Å². The van der Waals surface area contributed by atoms with Crippen LogP contribution in [0.3, 0.4) is 0 Å². The van der Waals surface area contributed by atoms with Gasteiger partial charge >= 0.3 is 0 Å². The molecule has 0 saturated heterocycles. The first kappa shape index (κ1) is 24.3. The van der Waals surface area contributed by atoms with Crippen molar-refractivity contribution in [1.29, 1.82) is 0 Å². The van der Waals surface area contributed by atoms with E-state index in [0.717, 1.165) is 44.9 Å². The Balaban J connectivity index is 1.63. The van der Waals surface area contributed by atoms with E-state index in [-0.39, 0.29) is 39.8 Å². The molecular weight excluding hydrogens is 408 g/mol. The highest BCUT2D eigenvalue weighted by molar-refractivity contribution is 5.40. The minimum atomic E-state index is -0.451. The predicted molar refractivity (Wildman–Crippen MR) is 134 cm³/mol. The number of hydrogen-bond acceptors (Lipinski definition) is 3. The van der Waals surface area contributed by atoms with Gasteiger partial charge in [0.2, 0.25) is 0 Å². The highest BCUT2D eigenvalue weighted by Gasteiger charge is 2.68. The summed E-state index contributed by atoms with van der Waals surface area (Å²) < 4.78 is 0. The molecule has 188 valence electrons. The zero-order valence-corrected chi connectivity index (χ0v) is 22.4. The van der Waals surface area contributed by atoms with Crippen LogP contribution in [0, 0.1) is 44.3 Å². The predicted octanol–water partition coefficient (Wildman–Crippen LogP) is 6.26. The lowest BCUT2D eigenvalue weighted by atomic mass is 9.34. The molecule has 8 atom stereocenters. The molecule has 5 aliphatic rings. The van der Waals surface area contributed by atoms with Gasteiger partial charge in [-0.2, -0.15) is 0 Å². The fourth-order valence-electron chi connectivity index (χ4n) is 10.7. The third kappa shape index (κ3) is 2.91. The summed E-state index contributed by atoms with van der Waals surface area (Å²) in [5, 5.41) is 33.3. The van der Waals surface area contributed by atoms with Crippen LogP contribution in [0.25, 0.3) is 0 Å². The van der Waals surface area contributed by atoms with Gasteiger partial charge in [-0.05, 0) is 103 Å². The number of rotatable bonds is 1. The first-order valence-corrected chi connectivity index (χ1v) is 13.9. The molecule has 0 spiro atoms. The molecule has 4 saturated carbocycles. The van der Waals surface area contributed by atoms with Crippen molar-refractivity contribution in [3.05, 3.63) is 11.1 Å². The van der Waals surface area contributed by atoms with Gasteiger partial charge in [0.25, 0.3) is 0 Å². The Hall–Kier alpha value is -0.380. The smallest absolute Gasteiger partial charge is 0.0664 e. The number of aliphatic hydroxyl groups excluding tert-OH is 3. The maximum Gasteiger partial charge on any atom is 0.0664 e. The summed E-state index contributed by atoms with van der Waals surface area (Å²) in [7, 11) is 0. The van der Waals surface area contributed by atoms with E-state index in [0.29, 0.717) is 11.8 Å². The molecule has 5 rings (SSSR count). The van der Waals surface area contributed by atoms with Gasteiger partial charge in [-0.1, -0.05) is 59.6 Å². The molecule has 0 unspecified atom stereocenters. The van der Waals surface area contributed by atoms with Gasteiger partial charge in [-0.3, -0.25) is 0 Å². The van der Waals surface area contributed by atoms with Gasteiger partial charge in [0.05, 0.1) is 18.8 Å². The van der Waals surface area contributed by atoms with Crippen molar-refractivity contribution in [1.82, 2.24) is 0 Å². The Morgan fingerprint density at radius 1 is 0.758 bits per heavy atom. The van der Waals surface area contributed by atoms with Crippen LogP contribution in [0.1, 0.15) is 113 Å². The molecule has 0 aliphatic heterocycles. The highest BCUT2D eigenvalue weighted by Crippen LogP contribution is 2.75. The lowest BCUT2D eigenvalue weighted by Gasteiger charge is -2.71. The molecule has 3 heteroatoms. The van der Waals surface area contributed by atoms with Gasteiger partial charge in [-0.15, -0.1) is 0 Å². The Morgan fingerprint density at radius 3 is 2.12 bits per heavy atom. The fraction of sp³-hybridized carbons (Fsp3) is 0.933. The maximum absolute atomic E-state index is 11.7. The number of fused-ring (bicyclic) bond motifs is 6. The van der Waals surface area contributed by atoms with Gasteiger partial charge in [0.15, 0.2) is 0 Å². The largest absolute Gasteiger partial charge is 0.395 e. The molecule has 0 aromatic rings. The average Bonchev–Trinajstić information content (AvgIpc) is 2.71. The van der Waals surface area contributed by atoms with E-state index >= 15 is 0 Å². The molecule has 3 nitrogen and oxygen atoms in total. The molecule has 3 N–H and O–H groups in total. The monoisotopic (exact) mass is 458 g/mol. The first-order chi connectivity index (χ1) is 15.2. The Labute approximate surface area is 202 Å². The van der Waals surface area contributed by atoms with Crippen LogP contribution in [0.15, 0.2) is 11.1 Å². The summed E-state index contributed by atoms with van der Waals surface area (Å²) in [5.41, 5.74) is 3.25. The number of allylic oxidation sites excluding steroid dienone is 1. The molecule has 4 fully saturated rings. The normalized spacial score (nSPS) is 52.9. The number of aliphatic hydroxyl groups is 3. The second-order valence-electron chi connectivity index (χ2n) is 15.1. The highest BCUT2D eigenvalue weighted by atomic mass is 16.3. The Bertz CT molecular complexity index is 857. The quantitative estimate of drug-likeness (QED) is 0.407. The van der Waals surface area contributed by atoms with E-state index in [2.05, 4.69) is 48.5 Å². The lowest BCUT2D eigenvalue weighted by Crippen LogP contribution is -2.65. The van der Waals surface area contributed by atoms with Crippen LogP contribution in [0.2, 0.25) is 0 Å². The van der Waals surface area contributed by atoms with Gasteiger partial charge < -0.3 is 15.3 Å². The standard InChI is InChI=1S/C30H50O3/c1-25(2)14-15-30(18-31)20(16-25)19-8-9-22-27(5)12-11-23(32)26(3,4)21(27)10-13-28(22,6)29(19,7)17-24(30)33/h21-24,31-33H,8-18H2,1-7H3/t21-,22-,23+,24+,27+,28-,29-,30-/m1/s1. The van der Waals surface area contributed by atoms with E-state index in [9.17, 15) is 15.3 Å². The van der Waals surface area contributed by atoms with Gasteiger partial charge in [-0.25, -0.2) is 0 Å². The van der Waals surface area contributed by atoms with Crippen LogP contribution in [0.4, 0.5) is 0 Å². The summed E-state index contributed by atoms with van der Waals surface area (Å²) in [6, 6.07) is 0. The molecule has 0 radical (unpaired) electrons. The van der Waals surface area contributed by atoms with Crippen LogP contribution in [-0.4, -0.2) is 34.1 Å². The van der Waals surface area contributed by atoms with Crippen molar-refractivity contribution in [2.75, 3.05) is 6.61 Å². The Morgan fingerprint density at radius 2 is 1.45 bits per heavy atom. The molecule has 5 aliphatic carbocycles. The maximum atomic E-state index is 11.7. The molecule has 0 amide bonds. The van der Waals surface area contributed by atoms with Crippen molar-refractivity contribution >= 4 is 0 Å². The zero-order valence-electron chi connectivity index (χ0n) is 22.4. The van der Waals surface area contributed by atoms with E-state index in [4.69, 9.17) is 0 Å². The van der Waals surface area contributed by atoms with Crippen molar-refractivity contribution in [3.63, 3.8) is 0 Å². The van der Waals surface area contributed by atoms with Crippen molar-refractivity contribution in [2.24, 2.45) is 44.3 Å². The van der Waals surface area contributed by atoms with E-state index in [1.807, 2.05) is 0 Å². The third-order valence-corrected chi connectivity index (χ3v) is 13.0. The lowest BCUT2D eigenvalue weighted by molar-refractivity contribution is -0.211. The zero-order chi connectivity index (χ0) is 24.2. The van der Waals surface area contributed by atoms with Gasteiger partial charge in [0.1, 0.15) is 0 Å².